The van der Waals surface area contributed by atoms with E-state index in [2.05, 4.69) is 4.98 Å². The SMILES string of the molecule is CCOc1cc(Cl)c(S(=O)(=O)n2c([N+](=O)[O-])cnc2C)cc1Cl. The van der Waals surface area contributed by atoms with E-state index in [0.717, 1.165) is 12.3 Å². The number of nitrogens with zero attached hydrogens (tertiary/aromatic N) is 3. The Balaban J connectivity index is 2.69. The molecule has 0 aliphatic carbocycles. The van der Waals surface area contributed by atoms with E-state index in [1.807, 2.05) is 0 Å². The Morgan fingerprint density at radius 3 is 2.57 bits per heavy atom. The normalized spacial score (nSPS) is 11.5. The van der Waals surface area contributed by atoms with E-state index in [1.54, 1.807) is 6.92 Å². The summed E-state index contributed by atoms with van der Waals surface area (Å²) in [7, 11) is -4.35. The van der Waals surface area contributed by atoms with E-state index < -0.39 is 20.8 Å². The Bertz CT molecular complexity index is 879. The van der Waals surface area contributed by atoms with Crippen LogP contribution in [0.15, 0.2) is 23.2 Å². The number of imidazole rings is 1. The molecule has 0 bridgehead atoms. The molecule has 1 aromatic carbocycles. The van der Waals surface area contributed by atoms with Gasteiger partial charge in [-0.2, -0.15) is 8.42 Å². The van der Waals surface area contributed by atoms with Crippen LogP contribution < -0.4 is 4.74 Å². The molecule has 11 heteroatoms. The van der Waals surface area contributed by atoms with E-state index >= 15 is 0 Å². The third kappa shape index (κ3) is 3.12. The number of nitro groups is 1. The molecule has 1 heterocycles. The third-order valence-electron chi connectivity index (χ3n) is 2.86. The second-order valence-corrected chi connectivity index (χ2v) is 6.91. The zero-order chi connectivity index (χ0) is 17.4. The zero-order valence-electron chi connectivity index (χ0n) is 12.0. The molecule has 0 unspecified atom stereocenters. The number of ether oxygens (including phenoxy) is 1. The highest BCUT2D eigenvalue weighted by atomic mass is 35.5. The van der Waals surface area contributed by atoms with Crippen LogP contribution in [0.3, 0.4) is 0 Å². The van der Waals surface area contributed by atoms with Crippen LogP contribution in [0.1, 0.15) is 12.7 Å². The molecule has 0 aliphatic rings. The van der Waals surface area contributed by atoms with Crippen LogP contribution in [-0.2, 0) is 10.0 Å². The predicted octanol–water partition coefficient (Wildman–Crippen LogP) is 3.04. The zero-order valence-corrected chi connectivity index (χ0v) is 14.3. The van der Waals surface area contributed by atoms with Crippen molar-refractivity contribution >= 4 is 39.0 Å². The van der Waals surface area contributed by atoms with Gasteiger partial charge in [-0.1, -0.05) is 27.2 Å². The highest BCUT2D eigenvalue weighted by Gasteiger charge is 2.34. The van der Waals surface area contributed by atoms with Gasteiger partial charge in [0.25, 0.3) is 0 Å². The van der Waals surface area contributed by atoms with Gasteiger partial charge in [-0.25, -0.2) is 4.98 Å². The summed E-state index contributed by atoms with van der Waals surface area (Å²) < 4.78 is 31.2. The standard InChI is InChI=1S/C12H11Cl2N3O5S/c1-3-22-10-4-9(14)11(5-8(10)13)23(20,21)16-7(2)15-6-12(16)17(18)19/h4-6H,3H2,1-2H3. The van der Waals surface area contributed by atoms with Crippen LogP contribution in [-0.4, -0.2) is 28.9 Å². The summed E-state index contributed by atoms with van der Waals surface area (Å²) in [5.41, 5.74) is 0. The smallest absolute Gasteiger partial charge is 0.358 e. The summed E-state index contributed by atoms with van der Waals surface area (Å²) in [6.45, 7) is 3.37. The number of hydrogen-bond acceptors (Lipinski definition) is 6. The van der Waals surface area contributed by atoms with Crippen LogP contribution in [0.2, 0.25) is 10.0 Å². The first kappa shape index (κ1) is 17.5. The van der Waals surface area contributed by atoms with Crippen molar-refractivity contribution in [2.45, 2.75) is 18.7 Å². The number of aryl methyl sites for hydroxylation is 1. The van der Waals surface area contributed by atoms with Gasteiger partial charge in [0.1, 0.15) is 16.8 Å². The fourth-order valence-corrected chi connectivity index (χ4v) is 4.17. The molecule has 0 N–H and O–H groups in total. The highest BCUT2D eigenvalue weighted by Crippen LogP contribution is 2.35. The molecule has 2 aromatic rings. The minimum absolute atomic E-state index is 0.0234. The summed E-state index contributed by atoms with van der Waals surface area (Å²) in [6, 6.07) is 2.34. The fraction of sp³-hybridized carbons (Fsp3) is 0.250. The van der Waals surface area contributed by atoms with Gasteiger partial charge < -0.3 is 14.9 Å². The molecule has 0 aliphatic heterocycles. The van der Waals surface area contributed by atoms with Crippen LogP contribution in [0, 0.1) is 17.0 Å². The maximum absolute atomic E-state index is 12.7. The van der Waals surface area contributed by atoms with Crippen molar-refractivity contribution in [3.63, 3.8) is 0 Å². The van der Waals surface area contributed by atoms with E-state index in [0.29, 0.717) is 10.6 Å². The van der Waals surface area contributed by atoms with Crippen molar-refractivity contribution in [2.24, 2.45) is 0 Å². The summed E-state index contributed by atoms with van der Waals surface area (Å²) in [4.78, 5) is 13.5. The van der Waals surface area contributed by atoms with Gasteiger partial charge in [0.15, 0.2) is 0 Å². The fourth-order valence-electron chi connectivity index (χ4n) is 1.91. The first-order chi connectivity index (χ1) is 10.7. The number of benzene rings is 1. The molecule has 124 valence electrons. The van der Waals surface area contributed by atoms with Crippen molar-refractivity contribution in [3.8, 4) is 5.75 Å². The molecular formula is C12H11Cl2N3O5S. The van der Waals surface area contributed by atoms with Crippen molar-refractivity contribution in [1.82, 2.24) is 8.96 Å². The van der Waals surface area contributed by atoms with Gasteiger partial charge in [0.05, 0.1) is 16.7 Å². The summed E-state index contributed by atoms with van der Waals surface area (Å²) >= 11 is 12.0. The van der Waals surface area contributed by atoms with Crippen molar-refractivity contribution in [3.05, 3.63) is 44.3 Å². The maximum atomic E-state index is 12.7. The Hall–Kier alpha value is -1.84. The molecule has 0 saturated carbocycles. The van der Waals surface area contributed by atoms with Gasteiger partial charge >= 0.3 is 15.8 Å². The average Bonchev–Trinajstić information content (AvgIpc) is 2.85. The number of hydrogen-bond donors (Lipinski definition) is 0. The summed E-state index contributed by atoms with van der Waals surface area (Å²) in [6.07, 6.45) is 0.858. The minimum Gasteiger partial charge on any atom is -0.492 e. The Morgan fingerprint density at radius 2 is 2.00 bits per heavy atom. The molecule has 1 aromatic heterocycles. The molecule has 8 nitrogen and oxygen atoms in total. The molecule has 0 fully saturated rings. The van der Waals surface area contributed by atoms with Gasteiger partial charge in [-0.15, -0.1) is 0 Å². The van der Waals surface area contributed by atoms with Crippen molar-refractivity contribution in [2.75, 3.05) is 6.61 Å². The van der Waals surface area contributed by atoms with Crippen LogP contribution in [0.4, 0.5) is 5.82 Å². The summed E-state index contributed by atoms with van der Waals surface area (Å²) in [5.74, 6) is -0.545. The van der Waals surface area contributed by atoms with E-state index in [9.17, 15) is 18.5 Å². The van der Waals surface area contributed by atoms with Crippen LogP contribution in [0.25, 0.3) is 0 Å². The summed E-state index contributed by atoms with van der Waals surface area (Å²) in [5, 5.41) is 10.9. The molecule has 2 rings (SSSR count). The largest absolute Gasteiger partial charge is 0.492 e. The maximum Gasteiger partial charge on any atom is 0.358 e. The predicted molar refractivity (Wildman–Crippen MR) is 83.8 cm³/mol. The highest BCUT2D eigenvalue weighted by molar-refractivity contribution is 7.90. The lowest BCUT2D eigenvalue weighted by molar-refractivity contribution is -0.390. The van der Waals surface area contributed by atoms with Crippen LogP contribution >= 0.6 is 23.2 Å². The lowest BCUT2D eigenvalue weighted by Crippen LogP contribution is -2.17. The Kier molecular flexibility index (Phi) is 4.83. The molecular weight excluding hydrogens is 369 g/mol. The first-order valence-electron chi connectivity index (χ1n) is 6.26. The Labute approximate surface area is 141 Å². The third-order valence-corrected chi connectivity index (χ3v) is 5.41. The van der Waals surface area contributed by atoms with Gasteiger partial charge in [-0.05, 0) is 17.9 Å². The molecule has 0 spiro atoms. The quantitative estimate of drug-likeness (QED) is 0.583. The lowest BCUT2D eigenvalue weighted by Gasteiger charge is -2.10. The molecule has 0 radical (unpaired) electrons. The second-order valence-electron chi connectivity index (χ2n) is 4.34. The number of rotatable bonds is 5. The first-order valence-corrected chi connectivity index (χ1v) is 8.46. The Morgan fingerprint density at radius 1 is 1.35 bits per heavy atom. The topological polar surface area (TPSA) is 104 Å². The van der Waals surface area contributed by atoms with E-state index in [-0.39, 0.29) is 26.5 Å². The lowest BCUT2D eigenvalue weighted by atomic mass is 10.3. The van der Waals surface area contributed by atoms with Crippen molar-refractivity contribution < 1.29 is 18.1 Å². The van der Waals surface area contributed by atoms with Crippen molar-refractivity contribution in [1.29, 1.82) is 0 Å². The van der Waals surface area contributed by atoms with Gasteiger partial charge in [0.2, 0.25) is 5.82 Å². The second kappa shape index (κ2) is 6.34. The van der Waals surface area contributed by atoms with E-state index in [1.165, 1.54) is 13.0 Å². The van der Waals surface area contributed by atoms with Gasteiger partial charge in [0, 0.05) is 13.0 Å². The molecule has 23 heavy (non-hydrogen) atoms. The average molecular weight is 380 g/mol. The number of aromatic nitrogens is 2. The minimum atomic E-state index is -4.35. The van der Waals surface area contributed by atoms with Gasteiger partial charge in [-0.3, -0.25) is 0 Å². The number of halogens is 2. The molecule has 0 saturated heterocycles. The molecule has 0 amide bonds. The monoisotopic (exact) mass is 379 g/mol. The molecule has 0 atom stereocenters. The van der Waals surface area contributed by atoms with Crippen LogP contribution in [0.5, 0.6) is 5.75 Å². The van der Waals surface area contributed by atoms with E-state index in [4.69, 9.17) is 27.9 Å².